The molecule has 1 heterocycles. The number of rotatable bonds is 9. The van der Waals surface area contributed by atoms with Crippen molar-refractivity contribution in [1.82, 2.24) is 10.2 Å². The molecule has 1 aromatic heterocycles. The van der Waals surface area contributed by atoms with E-state index in [1.807, 2.05) is 0 Å². The molecule has 114 valence electrons. The van der Waals surface area contributed by atoms with Crippen LogP contribution in [0.1, 0.15) is 45.2 Å². The molecule has 0 radical (unpaired) electrons. The molecule has 0 bridgehead atoms. The van der Waals surface area contributed by atoms with Crippen LogP contribution in [0.4, 0.5) is 0 Å². The van der Waals surface area contributed by atoms with E-state index in [0.29, 0.717) is 18.5 Å². The first kappa shape index (κ1) is 17.0. The second kappa shape index (κ2) is 9.77. The summed E-state index contributed by atoms with van der Waals surface area (Å²) in [5.41, 5.74) is 7.26. The summed E-state index contributed by atoms with van der Waals surface area (Å²) in [6.07, 6.45) is 2.29. The monoisotopic (exact) mass is 296 g/mol. The Kier molecular flexibility index (Phi) is 8.30. The SMILES string of the molecule is CCCCNC(N)=NCC(c1ccsc1)N(CC)CC. The first-order valence-electron chi connectivity index (χ1n) is 7.52. The van der Waals surface area contributed by atoms with E-state index in [4.69, 9.17) is 5.73 Å². The van der Waals surface area contributed by atoms with Gasteiger partial charge in [0.1, 0.15) is 0 Å². The van der Waals surface area contributed by atoms with Crippen molar-refractivity contribution in [1.29, 1.82) is 0 Å². The zero-order chi connectivity index (χ0) is 14.8. The minimum atomic E-state index is 0.322. The Morgan fingerprint density at radius 2 is 2.15 bits per heavy atom. The van der Waals surface area contributed by atoms with Crippen LogP contribution < -0.4 is 11.1 Å². The third-order valence-corrected chi connectivity index (χ3v) is 4.15. The summed E-state index contributed by atoms with van der Waals surface area (Å²) in [5.74, 6) is 0.561. The van der Waals surface area contributed by atoms with Gasteiger partial charge in [-0.05, 0) is 41.9 Å². The summed E-state index contributed by atoms with van der Waals surface area (Å²) in [4.78, 5) is 6.94. The van der Waals surface area contributed by atoms with Crippen molar-refractivity contribution < 1.29 is 0 Å². The lowest BCUT2D eigenvalue weighted by molar-refractivity contribution is 0.225. The minimum Gasteiger partial charge on any atom is -0.370 e. The van der Waals surface area contributed by atoms with Crippen molar-refractivity contribution in [3.05, 3.63) is 22.4 Å². The molecule has 3 N–H and O–H groups in total. The van der Waals surface area contributed by atoms with Crippen molar-refractivity contribution >= 4 is 17.3 Å². The Morgan fingerprint density at radius 3 is 2.70 bits per heavy atom. The maximum Gasteiger partial charge on any atom is 0.188 e. The Morgan fingerprint density at radius 1 is 1.40 bits per heavy atom. The van der Waals surface area contributed by atoms with Gasteiger partial charge in [-0.3, -0.25) is 9.89 Å². The van der Waals surface area contributed by atoms with E-state index < -0.39 is 0 Å². The fraction of sp³-hybridized carbons (Fsp3) is 0.667. The van der Waals surface area contributed by atoms with Gasteiger partial charge in [0, 0.05) is 6.54 Å². The van der Waals surface area contributed by atoms with Crippen molar-refractivity contribution in [3.8, 4) is 0 Å². The van der Waals surface area contributed by atoms with Crippen LogP contribution >= 0.6 is 11.3 Å². The normalized spacial score (nSPS) is 13.7. The van der Waals surface area contributed by atoms with Gasteiger partial charge in [-0.15, -0.1) is 0 Å². The number of likely N-dealkylation sites (N-methyl/N-ethyl adjacent to an activating group) is 1. The smallest absolute Gasteiger partial charge is 0.188 e. The van der Waals surface area contributed by atoms with Crippen molar-refractivity contribution in [2.75, 3.05) is 26.2 Å². The van der Waals surface area contributed by atoms with Crippen LogP contribution in [0, 0.1) is 0 Å². The van der Waals surface area contributed by atoms with E-state index in [-0.39, 0.29) is 0 Å². The lowest BCUT2D eigenvalue weighted by Crippen LogP contribution is -2.35. The Hall–Kier alpha value is -1.07. The van der Waals surface area contributed by atoms with Gasteiger partial charge in [-0.25, -0.2) is 0 Å². The Balaban J connectivity index is 2.63. The maximum absolute atomic E-state index is 5.92. The van der Waals surface area contributed by atoms with Gasteiger partial charge in [-0.2, -0.15) is 11.3 Å². The molecule has 4 nitrogen and oxygen atoms in total. The van der Waals surface area contributed by atoms with Crippen LogP contribution in [0.3, 0.4) is 0 Å². The summed E-state index contributed by atoms with van der Waals surface area (Å²) in [5, 5.41) is 7.50. The molecule has 1 rings (SSSR count). The number of thiophene rings is 1. The highest BCUT2D eigenvalue weighted by Crippen LogP contribution is 2.23. The minimum absolute atomic E-state index is 0.322. The molecule has 0 amide bonds. The predicted molar refractivity (Wildman–Crippen MR) is 89.4 cm³/mol. The van der Waals surface area contributed by atoms with Crippen LogP contribution in [0.15, 0.2) is 21.8 Å². The molecule has 20 heavy (non-hydrogen) atoms. The van der Waals surface area contributed by atoms with Crippen LogP contribution in [0.25, 0.3) is 0 Å². The average Bonchev–Trinajstić information content (AvgIpc) is 2.97. The predicted octanol–water partition coefficient (Wildman–Crippen LogP) is 2.84. The fourth-order valence-corrected chi connectivity index (χ4v) is 2.90. The first-order valence-corrected chi connectivity index (χ1v) is 8.47. The number of nitrogens with zero attached hydrogens (tertiary/aromatic N) is 2. The standard InChI is InChI=1S/C15H28N4S/c1-4-7-9-17-15(16)18-11-14(19(5-2)6-3)13-8-10-20-12-13/h8,10,12,14H,4-7,9,11H2,1-3H3,(H3,16,17,18). The number of guanidine groups is 1. The summed E-state index contributed by atoms with van der Waals surface area (Å²) < 4.78 is 0. The first-order chi connectivity index (χ1) is 9.72. The molecule has 5 heteroatoms. The molecule has 0 aliphatic rings. The van der Waals surface area contributed by atoms with Crippen molar-refractivity contribution in [3.63, 3.8) is 0 Å². The quantitative estimate of drug-likeness (QED) is 0.418. The van der Waals surface area contributed by atoms with Gasteiger partial charge in [0.25, 0.3) is 0 Å². The molecule has 0 saturated carbocycles. The number of hydrogen-bond acceptors (Lipinski definition) is 3. The van der Waals surface area contributed by atoms with Gasteiger partial charge in [-0.1, -0.05) is 27.2 Å². The van der Waals surface area contributed by atoms with E-state index >= 15 is 0 Å². The van der Waals surface area contributed by atoms with E-state index in [2.05, 4.69) is 52.8 Å². The average molecular weight is 296 g/mol. The lowest BCUT2D eigenvalue weighted by Gasteiger charge is -2.28. The highest BCUT2D eigenvalue weighted by atomic mass is 32.1. The number of nitrogens with two attached hydrogens (primary N) is 1. The molecule has 1 aromatic rings. The maximum atomic E-state index is 5.92. The number of nitrogens with one attached hydrogen (secondary N) is 1. The van der Waals surface area contributed by atoms with E-state index in [9.17, 15) is 0 Å². The Bertz CT molecular complexity index is 371. The molecule has 0 aliphatic heterocycles. The van der Waals surface area contributed by atoms with E-state index in [1.54, 1.807) is 11.3 Å². The lowest BCUT2D eigenvalue weighted by atomic mass is 10.1. The molecule has 0 saturated heterocycles. The summed E-state index contributed by atoms with van der Waals surface area (Å²) >= 11 is 1.74. The van der Waals surface area contributed by atoms with Crippen molar-refractivity contribution in [2.24, 2.45) is 10.7 Å². The molecule has 1 atom stereocenters. The van der Waals surface area contributed by atoms with Crippen LogP contribution in [-0.2, 0) is 0 Å². The van der Waals surface area contributed by atoms with E-state index in [1.165, 1.54) is 5.56 Å². The number of unbranched alkanes of at least 4 members (excludes halogenated alkanes) is 1. The van der Waals surface area contributed by atoms with Crippen LogP contribution in [-0.4, -0.2) is 37.0 Å². The molecule has 0 spiro atoms. The molecule has 1 unspecified atom stereocenters. The molecule has 0 fully saturated rings. The topological polar surface area (TPSA) is 53.6 Å². The molecule has 0 aliphatic carbocycles. The summed E-state index contributed by atoms with van der Waals surface area (Å²) in [6, 6.07) is 2.51. The van der Waals surface area contributed by atoms with Gasteiger partial charge in [0.2, 0.25) is 0 Å². The summed E-state index contributed by atoms with van der Waals surface area (Å²) in [6.45, 7) is 10.2. The zero-order valence-corrected chi connectivity index (χ0v) is 13.7. The summed E-state index contributed by atoms with van der Waals surface area (Å²) in [7, 11) is 0. The second-order valence-electron chi connectivity index (χ2n) is 4.80. The Labute approximate surface area is 127 Å². The van der Waals surface area contributed by atoms with Crippen LogP contribution in [0.5, 0.6) is 0 Å². The molecular formula is C15H28N4S. The second-order valence-corrected chi connectivity index (χ2v) is 5.58. The van der Waals surface area contributed by atoms with Gasteiger partial charge in [0.15, 0.2) is 5.96 Å². The highest BCUT2D eigenvalue weighted by molar-refractivity contribution is 7.07. The van der Waals surface area contributed by atoms with Gasteiger partial charge >= 0.3 is 0 Å². The molecule has 0 aromatic carbocycles. The van der Waals surface area contributed by atoms with E-state index in [0.717, 1.165) is 32.5 Å². The van der Waals surface area contributed by atoms with Gasteiger partial charge in [0.05, 0.1) is 12.6 Å². The number of aliphatic imine (C=N–C) groups is 1. The zero-order valence-electron chi connectivity index (χ0n) is 12.9. The van der Waals surface area contributed by atoms with Crippen molar-refractivity contribution in [2.45, 2.75) is 39.7 Å². The fourth-order valence-electron chi connectivity index (χ4n) is 2.19. The number of hydrogen-bond donors (Lipinski definition) is 2. The highest BCUT2D eigenvalue weighted by Gasteiger charge is 2.17. The van der Waals surface area contributed by atoms with Crippen LogP contribution in [0.2, 0.25) is 0 Å². The molecular weight excluding hydrogens is 268 g/mol. The third-order valence-electron chi connectivity index (χ3n) is 3.45. The third kappa shape index (κ3) is 5.51. The largest absolute Gasteiger partial charge is 0.370 e. The van der Waals surface area contributed by atoms with Gasteiger partial charge < -0.3 is 11.1 Å².